The summed E-state index contributed by atoms with van der Waals surface area (Å²) in [6.07, 6.45) is 0. The van der Waals surface area contributed by atoms with Crippen LogP contribution in [0.4, 0.5) is 4.39 Å². The second kappa shape index (κ2) is 5.85. The molecule has 0 bridgehead atoms. The topological polar surface area (TPSA) is 12.9 Å². The molecule has 4 aromatic carbocycles. The van der Waals surface area contributed by atoms with Gasteiger partial charge >= 0.3 is 0 Å². The van der Waals surface area contributed by atoms with Crippen molar-refractivity contribution in [2.45, 2.75) is 0 Å². The van der Waals surface area contributed by atoms with Gasteiger partial charge in [-0.05, 0) is 35.0 Å². The third-order valence-electron chi connectivity index (χ3n) is 5.32. The van der Waals surface area contributed by atoms with Gasteiger partial charge in [-0.2, -0.15) is 0 Å². The summed E-state index contributed by atoms with van der Waals surface area (Å²) < 4.78 is 16.0. The van der Waals surface area contributed by atoms with Crippen molar-refractivity contribution in [1.82, 2.24) is 4.98 Å². The number of rotatable bonds is 1. The summed E-state index contributed by atoms with van der Waals surface area (Å²) in [6, 6.07) is 28.0. The van der Waals surface area contributed by atoms with Gasteiger partial charge in [0.2, 0.25) is 0 Å². The summed E-state index contributed by atoms with van der Waals surface area (Å²) in [5.74, 6) is -0.206. The van der Waals surface area contributed by atoms with E-state index in [1.807, 2.05) is 18.2 Å². The maximum absolute atomic E-state index is 13.9. The van der Waals surface area contributed by atoms with Gasteiger partial charge in [-0.1, -0.05) is 60.7 Å². The van der Waals surface area contributed by atoms with Gasteiger partial charge < -0.3 is 0 Å². The van der Waals surface area contributed by atoms with Crippen LogP contribution in [0.1, 0.15) is 0 Å². The number of halogens is 1. The molecule has 0 radical (unpaired) electrons. The molecule has 0 saturated carbocycles. The maximum Gasteiger partial charge on any atom is 0.124 e. The maximum atomic E-state index is 13.9. The second-order valence-corrected chi connectivity index (χ2v) is 8.00. The summed E-state index contributed by atoms with van der Waals surface area (Å²) >= 11 is 1.62. The van der Waals surface area contributed by atoms with E-state index in [1.54, 1.807) is 23.5 Å². The number of pyridine rings is 1. The number of aromatic nitrogens is 1. The van der Waals surface area contributed by atoms with Gasteiger partial charge in [-0.3, -0.25) is 0 Å². The lowest BCUT2D eigenvalue weighted by molar-refractivity contribution is 0.630. The van der Waals surface area contributed by atoms with Crippen LogP contribution in [0.15, 0.2) is 84.9 Å². The first kappa shape index (κ1) is 15.7. The lowest BCUT2D eigenvalue weighted by Crippen LogP contribution is -1.88. The van der Waals surface area contributed by atoms with Gasteiger partial charge in [0, 0.05) is 26.4 Å². The SMILES string of the molecule is Fc1ccc2c(c1)sc1c(-c3cccc4ccccc34)nc3ccccc3c12. The zero-order valence-corrected chi connectivity index (χ0v) is 15.6. The molecule has 0 atom stereocenters. The van der Waals surface area contributed by atoms with Crippen LogP contribution in [0.2, 0.25) is 0 Å². The van der Waals surface area contributed by atoms with Gasteiger partial charge in [0.15, 0.2) is 0 Å². The number of para-hydroxylation sites is 1. The molecule has 0 saturated heterocycles. The molecule has 132 valence electrons. The Bertz CT molecular complexity index is 1530. The molecule has 0 aliphatic heterocycles. The first-order valence-electron chi connectivity index (χ1n) is 9.18. The van der Waals surface area contributed by atoms with Crippen LogP contribution in [0, 0.1) is 5.82 Å². The summed E-state index contributed by atoms with van der Waals surface area (Å²) in [4.78, 5) is 5.06. The van der Waals surface area contributed by atoms with Crippen LogP contribution < -0.4 is 0 Å². The molecule has 0 unspecified atom stereocenters. The number of thiophene rings is 1. The van der Waals surface area contributed by atoms with E-state index in [1.165, 1.54) is 10.8 Å². The van der Waals surface area contributed by atoms with E-state index in [2.05, 4.69) is 54.6 Å². The Morgan fingerprint density at radius 1 is 0.714 bits per heavy atom. The van der Waals surface area contributed by atoms with Crippen LogP contribution in [-0.2, 0) is 0 Å². The van der Waals surface area contributed by atoms with E-state index in [9.17, 15) is 4.39 Å². The van der Waals surface area contributed by atoms with Gasteiger partial charge in [-0.15, -0.1) is 11.3 Å². The fourth-order valence-corrected chi connectivity index (χ4v) is 5.32. The molecule has 6 rings (SSSR count). The van der Waals surface area contributed by atoms with E-state index in [4.69, 9.17) is 4.98 Å². The Kier molecular flexibility index (Phi) is 3.28. The molecule has 1 nitrogen and oxygen atoms in total. The Morgan fingerprint density at radius 2 is 1.50 bits per heavy atom. The van der Waals surface area contributed by atoms with Crippen molar-refractivity contribution in [2.24, 2.45) is 0 Å². The fraction of sp³-hybridized carbons (Fsp3) is 0. The molecule has 2 heterocycles. The van der Waals surface area contributed by atoms with Crippen LogP contribution in [0.25, 0.3) is 53.1 Å². The average molecular weight is 379 g/mol. The number of hydrogen-bond donors (Lipinski definition) is 0. The van der Waals surface area contributed by atoms with E-state index in [0.717, 1.165) is 42.3 Å². The highest BCUT2D eigenvalue weighted by atomic mass is 32.1. The first-order chi connectivity index (χ1) is 13.8. The van der Waals surface area contributed by atoms with Crippen molar-refractivity contribution in [3.05, 3.63) is 90.7 Å². The van der Waals surface area contributed by atoms with Crippen LogP contribution in [0.5, 0.6) is 0 Å². The van der Waals surface area contributed by atoms with Crippen LogP contribution in [-0.4, -0.2) is 4.98 Å². The number of benzene rings is 4. The lowest BCUT2D eigenvalue weighted by Gasteiger charge is -2.10. The second-order valence-electron chi connectivity index (χ2n) is 6.95. The minimum Gasteiger partial charge on any atom is -0.246 e. The molecule has 0 aliphatic rings. The minimum atomic E-state index is -0.206. The first-order valence-corrected chi connectivity index (χ1v) is 10.00. The summed E-state index contributed by atoms with van der Waals surface area (Å²) in [5, 5.41) is 5.72. The lowest BCUT2D eigenvalue weighted by atomic mass is 9.99. The Balaban J connectivity index is 1.85. The molecule has 3 heteroatoms. The Hall–Kier alpha value is -3.30. The molecule has 0 N–H and O–H groups in total. The predicted octanol–water partition coefficient (Wildman–Crippen LogP) is 7.56. The Morgan fingerprint density at radius 3 is 2.43 bits per heavy atom. The van der Waals surface area contributed by atoms with Crippen molar-refractivity contribution < 1.29 is 4.39 Å². The molecular weight excluding hydrogens is 365 g/mol. The van der Waals surface area contributed by atoms with E-state index < -0.39 is 0 Å². The summed E-state index contributed by atoms with van der Waals surface area (Å²) in [6.45, 7) is 0. The molecule has 0 amide bonds. The molecule has 0 fully saturated rings. The molecule has 2 aromatic heterocycles. The highest BCUT2D eigenvalue weighted by molar-refractivity contribution is 7.26. The van der Waals surface area contributed by atoms with Gasteiger partial charge in [0.1, 0.15) is 5.82 Å². The highest BCUT2D eigenvalue weighted by Crippen LogP contribution is 2.44. The fourth-order valence-electron chi connectivity index (χ4n) is 4.07. The van der Waals surface area contributed by atoms with Gasteiger partial charge in [-0.25, -0.2) is 9.37 Å². The van der Waals surface area contributed by atoms with Crippen molar-refractivity contribution in [1.29, 1.82) is 0 Å². The summed E-state index contributed by atoms with van der Waals surface area (Å²) in [5.41, 5.74) is 3.04. The van der Waals surface area contributed by atoms with E-state index in [0.29, 0.717) is 0 Å². The average Bonchev–Trinajstić information content (AvgIpc) is 3.11. The quantitative estimate of drug-likeness (QED) is 0.287. The zero-order chi connectivity index (χ0) is 18.7. The number of fused-ring (bicyclic) bond motifs is 6. The molecule has 0 aliphatic carbocycles. The largest absolute Gasteiger partial charge is 0.246 e. The van der Waals surface area contributed by atoms with Crippen LogP contribution >= 0.6 is 11.3 Å². The molecule has 6 aromatic rings. The predicted molar refractivity (Wildman–Crippen MR) is 118 cm³/mol. The number of hydrogen-bond acceptors (Lipinski definition) is 2. The number of nitrogens with zero attached hydrogens (tertiary/aromatic N) is 1. The highest BCUT2D eigenvalue weighted by Gasteiger charge is 2.17. The zero-order valence-electron chi connectivity index (χ0n) is 14.8. The molecule has 28 heavy (non-hydrogen) atoms. The molecule has 0 spiro atoms. The monoisotopic (exact) mass is 379 g/mol. The van der Waals surface area contributed by atoms with Crippen molar-refractivity contribution in [3.8, 4) is 11.3 Å². The minimum absolute atomic E-state index is 0.206. The van der Waals surface area contributed by atoms with Crippen molar-refractivity contribution in [2.75, 3.05) is 0 Å². The van der Waals surface area contributed by atoms with E-state index >= 15 is 0 Å². The Labute approximate surface area is 164 Å². The summed E-state index contributed by atoms with van der Waals surface area (Å²) in [7, 11) is 0. The normalized spacial score (nSPS) is 11.8. The standard InChI is InChI=1S/C25H14FNS/c26-16-12-13-20-22(14-16)28-25-23(20)19-9-3-4-11-21(19)27-24(25)18-10-5-7-15-6-1-2-8-17(15)18/h1-14H. The van der Waals surface area contributed by atoms with E-state index in [-0.39, 0.29) is 5.82 Å². The van der Waals surface area contributed by atoms with Crippen molar-refractivity contribution in [3.63, 3.8) is 0 Å². The smallest absolute Gasteiger partial charge is 0.124 e. The van der Waals surface area contributed by atoms with Crippen molar-refractivity contribution >= 4 is 53.2 Å². The third kappa shape index (κ3) is 2.20. The van der Waals surface area contributed by atoms with Crippen LogP contribution in [0.3, 0.4) is 0 Å². The molecular formula is C25H14FNS. The van der Waals surface area contributed by atoms with Gasteiger partial charge in [0.25, 0.3) is 0 Å². The third-order valence-corrected chi connectivity index (χ3v) is 6.48. The van der Waals surface area contributed by atoms with Gasteiger partial charge in [0.05, 0.1) is 15.9 Å².